The Balaban J connectivity index is 2.65. The molecule has 94 valence electrons. The molecule has 0 saturated carbocycles. The Hall–Kier alpha value is -2.10. The SMILES string of the molecule is Cc1ccc(C(C)(C(=O)O)n2ccnc2)c(C)c1. The molecule has 0 fully saturated rings. The molecule has 1 aromatic heterocycles. The lowest BCUT2D eigenvalue weighted by Gasteiger charge is -2.28. The third kappa shape index (κ3) is 1.79. The van der Waals surface area contributed by atoms with Gasteiger partial charge in [0.15, 0.2) is 5.54 Å². The Morgan fingerprint density at radius 2 is 2.11 bits per heavy atom. The van der Waals surface area contributed by atoms with Crippen LogP contribution in [0.25, 0.3) is 0 Å². The summed E-state index contributed by atoms with van der Waals surface area (Å²) < 4.78 is 1.62. The van der Waals surface area contributed by atoms with Gasteiger partial charge in [-0.3, -0.25) is 0 Å². The summed E-state index contributed by atoms with van der Waals surface area (Å²) in [6, 6.07) is 5.80. The van der Waals surface area contributed by atoms with Crippen molar-refractivity contribution >= 4 is 5.97 Å². The van der Waals surface area contributed by atoms with E-state index >= 15 is 0 Å². The number of imidazole rings is 1. The Morgan fingerprint density at radius 3 is 2.61 bits per heavy atom. The quantitative estimate of drug-likeness (QED) is 0.901. The number of aryl methyl sites for hydroxylation is 2. The number of benzene rings is 1. The maximum absolute atomic E-state index is 11.7. The van der Waals surface area contributed by atoms with Crippen LogP contribution in [0, 0.1) is 13.8 Å². The third-order valence-corrected chi connectivity index (χ3v) is 3.34. The van der Waals surface area contributed by atoms with Gasteiger partial charge in [0.1, 0.15) is 0 Å². The van der Waals surface area contributed by atoms with Crippen molar-refractivity contribution < 1.29 is 9.90 Å². The predicted octanol–water partition coefficient (Wildman–Crippen LogP) is 2.35. The first-order valence-corrected chi connectivity index (χ1v) is 5.76. The molecule has 2 rings (SSSR count). The highest BCUT2D eigenvalue weighted by Crippen LogP contribution is 2.29. The normalized spacial score (nSPS) is 14.2. The first kappa shape index (κ1) is 12.4. The third-order valence-electron chi connectivity index (χ3n) is 3.34. The summed E-state index contributed by atoms with van der Waals surface area (Å²) in [6.07, 6.45) is 4.80. The minimum Gasteiger partial charge on any atom is -0.479 e. The zero-order valence-electron chi connectivity index (χ0n) is 10.7. The standard InChI is InChI=1S/C14H16N2O2/c1-10-4-5-12(11(2)8-10)14(3,13(17)18)16-7-6-15-9-16/h4-9H,1-3H3,(H,17,18). The molecule has 0 aliphatic rings. The smallest absolute Gasteiger partial charge is 0.334 e. The van der Waals surface area contributed by atoms with E-state index in [0.717, 1.165) is 16.7 Å². The summed E-state index contributed by atoms with van der Waals surface area (Å²) in [4.78, 5) is 15.7. The Morgan fingerprint density at radius 1 is 1.39 bits per heavy atom. The highest BCUT2D eigenvalue weighted by Gasteiger charge is 2.38. The number of hydrogen-bond acceptors (Lipinski definition) is 2. The van der Waals surface area contributed by atoms with Crippen LogP contribution in [0.5, 0.6) is 0 Å². The van der Waals surface area contributed by atoms with Crippen LogP contribution < -0.4 is 0 Å². The number of aromatic nitrogens is 2. The second kappa shape index (κ2) is 4.29. The van der Waals surface area contributed by atoms with Crippen molar-refractivity contribution in [3.05, 3.63) is 53.6 Å². The maximum Gasteiger partial charge on any atom is 0.334 e. The van der Waals surface area contributed by atoms with Gasteiger partial charge in [0, 0.05) is 12.4 Å². The Kier molecular flexibility index (Phi) is 2.95. The molecule has 0 bridgehead atoms. The minimum atomic E-state index is -1.13. The number of hydrogen-bond donors (Lipinski definition) is 1. The summed E-state index contributed by atoms with van der Waals surface area (Å²) in [6.45, 7) is 5.61. The molecule has 1 atom stereocenters. The molecule has 1 aromatic carbocycles. The molecule has 2 aromatic rings. The molecule has 0 aliphatic heterocycles. The second-order valence-electron chi connectivity index (χ2n) is 4.67. The van der Waals surface area contributed by atoms with Gasteiger partial charge in [0.2, 0.25) is 0 Å². The van der Waals surface area contributed by atoms with Crippen molar-refractivity contribution in [3.8, 4) is 0 Å². The fourth-order valence-electron chi connectivity index (χ4n) is 2.25. The molecule has 0 amide bonds. The molecule has 1 heterocycles. The zero-order chi connectivity index (χ0) is 13.3. The van der Waals surface area contributed by atoms with Crippen molar-refractivity contribution in [1.82, 2.24) is 9.55 Å². The van der Waals surface area contributed by atoms with Crippen molar-refractivity contribution in [3.63, 3.8) is 0 Å². The number of carboxylic acid groups (broad SMARTS) is 1. The van der Waals surface area contributed by atoms with Gasteiger partial charge < -0.3 is 9.67 Å². The van der Waals surface area contributed by atoms with Gasteiger partial charge in [0.25, 0.3) is 0 Å². The van der Waals surface area contributed by atoms with Crippen molar-refractivity contribution in [2.24, 2.45) is 0 Å². The van der Waals surface area contributed by atoms with Crippen molar-refractivity contribution in [2.75, 3.05) is 0 Å². The van der Waals surface area contributed by atoms with Gasteiger partial charge >= 0.3 is 5.97 Å². The molecule has 18 heavy (non-hydrogen) atoms. The fourth-order valence-corrected chi connectivity index (χ4v) is 2.25. The molecule has 0 aliphatic carbocycles. The van der Waals surface area contributed by atoms with Crippen LogP contribution in [0.4, 0.5) is 0 Å². The van der Waals surface area contributed by atoms with Crippen LogP contribution in [0.1, 0.15) is 23.6 Å². The number of rotatable bonds is 3. The van der Waals surface area contributed by atoms with E-state index in [1.165, 1.54) is 6.33 Å². The average molecular weight is 244 g/mol. The molecule has 1 N–H and O–H groups in total. The molecule has 4 heteroatoms. The summed E-state index contributed by atoms with van der Waals surface area (Å²) in [7, 11) is 0. The van der Waals surface area contributed by atoms with Crippen LogP contribution in [0.15, 0.2) is 36.9 Å². The number of carboxylic acids is 1. The van der Waals surface area contributed by atoms with Crippen molar-refractivity contribution in [2.45, 2.75) is 26.3 Å². The highest BCUT2D eigenvalue weighted by molar-refractivity contribution is 5.81. The minimum absolute atomic E-state index is 0.776. The maximum atomic E-state index is 11.7. The summed E-state index contributed by atoms with van der Waals surface area (Å²) in [5, 5.41) is 9.60. The van der Waals surface area contributed by atoms with Crippen LogP contribution in [-0.4, -0.2) is 20.6 Å². The fraction of sp³-hybridized carbons (Fsp3) is 0.286. The summed E-state index contributed by atoms with van der Waals surface area (Å²) in [5.41, 5.74) is 1.73. The van der Waals surface area contributed by atoms with Crippen LogP contribution >= 0.6 is 0 Å². The largest absolute Gasteiger partial charge is 0.479 e. The Labute approximate surface area is 106 Å². The molecular formula is C14H16N2O2. The van der Waals surface area contributed by atoms with Gasteiger partial charge in [-0.1, -0.05) is 23.8 Å². The second-order valence-corrected chi connectivity index (χ2v) is 4.67. The summed E-state index contributed by atoms with van der Waals surface area (Å²) >= 11 is 0. The Bertz CT molecular complexity index is 575. The number of aliphatic carboxylic acids is 1. The monoisotopic (exact) mass is 244 g/mol. The van der Waals surface area contributed by atoms with Gasteiger partial charge in [-0.25, -0.2) is 9.78 Å². The van der Waals surface area contributed by atoms with E-state index in [9.17, 15) is 9.90 Å². The van der Waals surface area contributed by atoms with E-state index < -0.39 is 11.5 Å². The van der Waals surface area contributed by atoms with Gasteiger partial charge in [-0.15, -0.1) is 0 Å². The van der Waals surface area contributed by atoms with Gasteiger partial charge in [-0.05, 0) is 31.9 Å². The van der Waals surface area contributed by atoms with E-state index in [1.54, 1.807) is 23.9 Å². The van der Waals surface area contributed by atoms with Crippen LogP contribution in [0.2, 0.25) is 0 Å². The molecule has 0 saturated heterocycles. The zero-order valence-corrected chi connectivity index (χ0v) is 10.7. The van der Waals surface area contributed by atoms with E-state index in [0.29, 0.717) is 0 Å². The van der Waals surface area contributed by atoms with E-state index in [4.69, 9.17) is 0 Å². The summed E-state index contributed by atoms with van der Waals surface area (Å²) in [5.74, 6) is -0.896. The molecule has 4 nitrogen and oxygen atoms in total. The van der Waals surface area contributed by atoms with E-state index in [1.807, 2.05) is 32.0 Å². The number of nitrogens with zero attached hydrogens (tertiary/aromatic N) is 2. The first-order chi connectivity index (χ1) is 8.46. The van der Waals surface area contributed by atoms with Gasteiger partial charge in [-0.2, -0.15) is 0 Å². The van der Waals surface area contributed by atoms with Crippen LogP contribution in [0.3, 0.4) is 0 Å². The van der Waals surface area contributed by atoms with Gasteiger partial charge in [0.05, 0.1) is 6.33 Å². The van der Waals surface area contributed by atoms with Crippen molar-refractivity contribution in [1.29, 1.82) is 0 Å². The highest BCUT2D eigenvalue weighted by atomic mass is 16.4. The van der Waals surface area contributed by atoms with E-state index in [-0.39, 0.29) is 0 Å². The molecule has 0 radical (unpaired) electrons. The first-order valence-electron chi connectivity index (χ1n) is 5.76. The lowest BCUT2D eigenvalue weighted by Crippen LogP contribution is -2.40. The molecular weight excluding hydrogens is 228 g/mol. The lowest BCUT2D eigenvalue weighted by molar-refractivity contribution is -0.144. The molecule has 0 spiro atoms. The topological polar surface area (TPSA) is 55.1 Å². The van der Waals surface area contributed by atoms with E-state index in [2.05, 4.69) is 4.98 Å². The molecule has 1 unspecified atom stereocenters. The number of carbonyl (C=O) groups is 1. The average Bonchev–Trinajstić information content (AvgIpc) is 2.81. The van der Waals surface area contributed by atoms with Crippen LogP contribution in [-0.2, 0) is 10.3 Å². The lowest BCUT2D eigenvalue weighted by atomic mass is 9.87. The predicted molar refractivity (Wildman–Crippen MR) is 68.5 cm³/mol.